The first-order valence-corrected chi connectivity index (χ1v) is 7.50. The van der Waals surface area contributed by atoms with Gasteiger partial charge in [-0.15, -0.1) is 0 Å². The van der Waals surface area contributed by atoms with Crippen LogP contribution in [0.5, 0.6) is 0 Å². The van der Waals surface area contributed by atoms with E-state index in [1.165, 1.54) is 38.0 Å². The second-order valence-corrected chi connectivity index (χ2v) is 3.97. The summed E-state index contributed by atoms with van der Waals surface area (Å²) in [5.74, 6) is 0.753. The molecule has 1 aliphatic heterocycles. The predicted octanol–water partition coefficient (Wildman–Crippen LogP) is 4.54. The van der Waals surface area contributed by atoms with Crippen molar-refractivity contribution in [1.82, 2.24) is 4.90 Å². The van der Waals surface area contributed by atoms with Crippen LogP contribution >= 0.6 is 0 Å². The van der Waals surface area contributed by atoms with E-state index in [9.17, 15) is 0 Å². The molecule has 0 aliphatic carbocycles. The molecule has 0 radical (unpaired) electrons. The highest BCUT2D eigenvalue weighted by Gasteiger charge is 2.18. The van der Waals surface area contributed by atoms with Crippen molar-refractivity contribution in [3.63, 3.8) is 0 Å². The Labute approximate surface area is 114 Å². The molecule has 0 saturated carbocycles. The summed E-state index contributed by atoms with van der Waals surface area (Å²) in [4.78, 5) is 2.52. The van der Waals surface area contributed by atoms with Gasteiger partial charge in [0, 0.05) is 0 Å². The Bertz CT molecular complexity index is 260. The summed E-state index contributed by atoms with van der Waals surface area (Å²) in [6, 6.07) is 12.2. The summed E-state index contributed by atoms with van der Waals surface area (Å²) in [6.07, 6.45) is 2.59. The van der Waals surface area contributed by atoms with Gasteiger partial charge >= 0.3 is 0 Å². The van der Waals surface area contributed by atoms with Crippen molar-refractivity contribution in [1.29, 1.82) is 0 Å². The fourth-order valence-corrected chi connectivity index (χ4v) is 2.20. The quantitative estimate of drug-likeness (QED) is 0.741. The fraction of sp³-hybridized carbons (Fsp3) is 0.647. The van der Waals surface area contributed by atoms with Crippen LogP contribution in [0.3, 0.4) is 0 Å². The summed E-state index contributed by atoms with van der Waals surface area (Å²) in [5, 5.41) is 0. The molecule has 1 heterocycles. The molecule has 0 spiro atoms. The molecule has 102 valence electrons. The number of likely N-dealkylation sites (tertiary alicyclic amines) is 1. The van der Waals surface area contributed by atoms with Crippen molar-refractivity contribution in [3.05, 3.63) is 35.9 Å². The largest absolute Gasteiger partial charge is 0.304 e. The Morgan fingerprint density at radius 1 is 1.11 bits per heavy atom. The third-order valence-corrected chi connectivity index (χ3v) is 3.19. The lowest BCUT2D eigenvalue weighted by molar-refractivity contribution is 0.222. The molecule has 1 saturated heterocycles. The highest BCUT2D eigenvalue weighted by molar-refractivity contribution is 5.16. The molecule has 2 rings (SSSR count). The van der Waals surface area contributed by atoms with E-state index in [1.54, 1.807) is 0 Å². The Kier molecular flexibility index (Phi) is 10.5. The van der Waals surface area contributed by atoms with Gasteiger partial charge in [0.2, 0.25) is 0 Å². The first-order chi connectivity index (χ1) is 8.90. The first kappa shape index (κ1) is 17.0. The lowest BCUT2D eigenvalue weighted by atomic mass is 9.90. The Morgan fingerprint density at radius 2 is 1.72 bits per heavy atom. The van der Waals surface area contributed by atoms with Gasteiger partial charge in [-0.2, -0.15) is 0 Å². The molecule has 0 bridgehead atoms. The predicted molar refractivity (Wildman–Crippen MR) is 80.9 cm³/mol. The molecule has 1 aromatic carbocycles. The maximum Gasteiger partial charge on any atom is -0.00130 e. The van der Waals surface area contributed by atoms with Crippen molar-refractivity contribution >= 4 is 0 Å². The smallest absolute Gasteiger partial charge is 0.00130 e. The molecular weight excluding hydrogens is 218 g/mol. The maximum absolute atomic E-state index is 3.04. The molecular formula is C17H29N. The monoisotopic (exact) mass is 247 g/mol. The second kappa shape index (κ2) is 11.1. The molecule has 1 nitrogen and oxygen atoms in total. The standard InChI is InChI=1S/C13H17N.2C2H6/c1-2-14-10-8-13(9-11-14)12-6-4-3-5-7-12;2*1-2/h4,6-7,13H,2,8-11H2,1H3;2*1-2H3. The molecule has 18 heavy (non-hydrogen) atoms. The fourth-order valence-electron chi connectivity index (χ4n) is 2.20. The van der Waals surface area contributed by atoms with Crippen LogP contribution in [0.25, 0.3) is 0 Å². The van der Waals surface area contributed by atoms with Gasteiger partial charge in [0.1, 0.15) is 0 Å². The lowest BCUT2D eigenvalue weighted by Crippen LogP contribution is -2.32. The normalized spacial score (nSPS) is 15.6. The zero-order chi connectivity index (χ0) is 13.8. The first-order valence-electron chi connectivity index (χ1n) is 7.50. The van der Waals surface area contributed by atoms with E-state index in [-0.39, 0.29) is 0 Å². The van der Waals surface area contributed by atoms with Crippen molar-refractivity contribution in [2.24, 2.45) is 0 Å². The summed E-state index contributed by atoms with van der Waals surface area (Å²) >= 11 is 0. The van der Waals surface area contributed by atoms with E-state index >= 15 is 0 Å². The van der Waals surface area contributed by atoms with Gasteiger partial charge < -0.3 is 4.90 Å². The molecule has 1 aliphatic rings. The van der Waals surface area contributed by atoms with E-state index in [1.807, 2.05) is 33.8 Å². The summed E-state index contributed by atoms with van der Waals surface area (Å²) in [5.41, 5.74) is 1.44. The topological polar surface area (TPSA) is 3.24 Å². The van der Waals surface area contributed by atoms with Crippen molar-refractivity contribution in [2.45, 2.75) is 53.4 Å². The van der Waals surface area contributed by atoms with E-state index in [0.29, 0.717) is 0 Å². The zero-order valence-electron chi connectivity index (χ0n) is 12.8. The number of rotatable bonds is 2. The minimum Gasteiger partial charge on any atom is -0.304 e. The Balaban J connectivity index is 0.000000659. The second-order valence-electron chi connectivity index (χ2n) is 3.97. The van der Waals surface area contributed by atoms with E-state index in [4.69, 9.17) is 0 Å². The minimum absolute atomic E-state index is 0.753. The van der Waals surface area contributed by atoms with Crippen LogP contribution < -0.4 is 0 Å². The van der Waals surface area contributed by atoms with Crippen molar-refractivity contribution < 1.29 is 0 Å². The van der Waals surface area contributed by atoms with Crippen LogP contribution in [0.4, 0.5) is 0 Å². The van der Waals surface area contributed by atoms with Crippen LogP contribution in [0.1, 0.15) is 58.9 Å². The van der Waals surface area contributed by atoms with Crippen LogP contribution in [-0.2, 0) is 0 Å². The van der Waals surface area contributed by atoms with Crippen LogP contribution in [0, 0.1) is 12.1 Å². The number of piperidine rings is 1. The zero-order valence-corrected chi connectivity index (χ0v) is 12.8. The van der Waals surface area contributed by atoms with Gasteiger partial charge in [-0.3, -0.25) is 0 Å². The molecule has 1 fully saturated rings. The summed E-state index contributed by atoms with van der Waals surface area (Å²) < 4.78 is 0. The lowest BCUT2D eigenvalue weighted by Gasteiger charge is -2.30. The van der Waals surface area contributed by atoms with Crippen LogP contribution in [-0.4, -0.2) is 24.5 Å². The highest BCUT2D eigenvalue weighted by atomic mass is 15.1. The van der Waals surface area contributed by atoms with E-state index in [0.717, 1.165) is 5.92 Å². The Hall–Kier alpha value is -1.00. The molecule has 0 aromatic heterocycles. The molecule has 0 amide bonds. The van der Waals surface area contributed by atoms with Gasteiger partial charge in [-0.1, -0.05) is 46.8 Å². The minimum atomic E-state index is 0.753. The van der Waals surface area contributed by atoms with E-state index < -0.39 is 0 Å². The number of hydrogen-bond acceptors (Lipinski definition) is 1. The van der Waals surface area contributed by atoms with Gasteiger partial charge in [0.25, 0.3) is 0 Å². The van der Waals surface area contributed by atoms with Gasteiger partial charge in [0.15, 0.2) is 0 Å². The van der Waals surface area contributed by atoms with Gasteiger partial charge in [-0.05, 0) is 62.2 Å². The Morgan fingerprint density at radius 3 is 2.17 bits per heavy atom. The molecule has 0 atom stereocenters. The average molecular weight is 247 g/mol. The summed E-state index contributed by atoms with van der Waals surface area (Å²) in [7, 11) is 0. The molecule has 0 N–H and O–H groups in total. The van der Waals surface area contributed by atoms with E-state index in [2.05, 4.69) is 36.1 Å². The maximum atomic E-state index is 3.04. The molecule has 1 aromatic rings. The van der Waals surface area contributed by atoms with Gasteiger partial charge in [-0.25, -0.2) is 0 Å². The van der Waals surface area contributed by atoms with Crippen LogP contribution in [0.15, 0.2) is 18.2 Å². The molecule has 0 unspecified atom stereocenters. The average Bonchev–Trinajstić information content (AvgIpc) is 2.52. The van der Waals surface area contributed by atoms with Crippen molar-refractivity contribution in [3.8, 4) is 0 Å². The SMILES string of the molecule is CC.CC.CCN1CCC(c2cc#ccc2)CC1. The van der Waals surface area contributed by atoms with Crippen molar-refractivity contribution in [2.75, 3.05) is 19.6 Å². The third kappa shape index (κ3) is 5.56. The third-order valence-electron chi connectivity index (χ3n) is 3.19. The van der Waals surface area contributed by atoms with Crippen LogP contribution in [0.2, 0.25) is 0 Å². The van der Waals surface area contributed by atoms with Gasteiger partial charge in [0.05, 0.1) is 0 Å². The summed E-state index contributed by atoms with van der Waals surface area (Å²) in [6.45, 7) is 13.9. The highest BCUT2D eigenvalue weighted by Crippen LogP contribution is 2.26. The number of nitrogens with zero attached hydrogens (tertiary/aromatic N) is 1. The molecule has 1 heteroatoms. The number of hydrogen-bond donors (Lipinski definition) is 0.